The van der Waals surface area contributed by atoms with Gasteiger partial charge >= 0.3 is 0 Å². The molecule has 1 saturated carbocycles. The quantitative estimate of drug-likeness (QED) is 0.865. The zero-order valence-electron chi connectivity index (χ0n) is 10.5. The van der Waals surface area contributed by atoms with Crippen LogP contribution in [0.2, 0.25) is 0 Å². The third-order valence-corrected chi connectivity index (χ3v) is 4.09. The number of rotatable bonds is 4. The molecule has 102 valence electrons. The van der Waals surface area contributed by atoms with E-state index in [1.54, 1.807) is 0 Å². The van der Waals surface area contributed by atoms with E-state index in [9.17, 15) is 8.42 Å². The van der Waals surface area contributed by atoms with E-state index in [1.165, 1.54) is 12.8 Å². The van der Waals surface area contributed by atoms with E-state index < -0.39 is 9.84 Å². The topological polar surface area (TPSA) is 99.1 Å². The molecule has 0 saturated heterocycles. The zero-order valence-corrected chi connectivity index (χ0v) is 11.3. The van der Waals surface area contributed by atoms with Crippen molar-refractivity contribution in [2.75, 3.05) is 6.26 Å². The molecule has 1 aromatic heterocycles. The van der Waals surface area contributed by atoms with Gasteiger partial charge in [0.2, 0.25) is 5.89 Å². The summed E-state index contributed by atoms with van der Waals surface area (Å²) in [6.07, 6.45) is 6.28. The van der Waals surface area contributed by atoms with Gasteiger partial charge in [-0.15, -0.1) is 0 Å². The Morgan fingerprint density at radius 2 is 2.11 bits per heavy atom. The number of nitrogens with two attached hydrogens (primary N) is 1. The van der Waals surface area contributed by atoms with E-state index in [-0.39, 0.29) is 17.6 Å². The molecule has 0 bridgehead atoms. The van der Waals surface area contributed by atoms with Crippen LogP contribution in [0.15, 0.2) is 4.52 Å². The lowest BCUT2D eigenvalue weighted by atomic mass is 9.83. The molecule has 0 radical (unpaired) electrons. The molecule has 2 unspecified atom stereocenters. The summed E-state index contributed by atoms with van der Waals surface area (Å²) in [7, 11) is -3.12. The van der Waals surface area contributed by atoms with E-state index in [1.807, 2.05) is 0 Å². The molecule has 0 amide bonds. The first-order chi connectivity index (χ1) is 8.44. The molecule has 0 aromatic carbocycles. The maximum Gasteiger partial charge on any atom is 0.227 e. The molecule has 2 atom stereocenters. The number of sulfone groups is 1. The van der Waals surface area contributed by atoms with Crippen LogP contribution in [0.5, 0.6) is 0 Å². The highest BCUT2D eigenvalue weighted by molar-refractivity contribution is 7.89. The van der Waals surface area contributed by atoms with Crippen LogP contribution in [-0.2, 0) is 22.0 Å². The van der Waals surface area contributed by atoms with Crippen LogP contribution >= 0.6 is 0 Å². The molecule has 7 heteroatoms. The fourth-order valence-corrected chi connectivity index (χ4v) is 2.97. The highest BCUT2D eigenvalue weighted by Gasteiger charge is 2.24. The Balaban J connectivity index is 1.98. The van der Waals surface area contributed by atoms with Crippen LogP contribution in [0.3, 0.4) is 0 Å². The normalized spacial score (nSPS) is 25.2. The third kappa shape index (κ3) is 3.78. The molecule has 2 rings (SSSR count). The van der Waals surface area contributed by atoms with Crippen molar-refractivity contribution in [1.82, 2.24) is 10.1 Å². The fourth-order valence-electron chi connectivity index (χ4n) is 2.38. The van der Waals surface area contributed by atoms with Gasteiger partial charge in [-0.05, 0) is 18.8 Å². The molecule has 1 aromatic rings. The minimum atomic E-state index is -3.12. The monoisotopic (exact) mass is 273 g/mol. The second-order valence-electron chi connectivity index (χ2n) is 5.09. The second-order valence-corrected chi connectivity index (χ2v) is 7.23. The summed E-state index contributed by atoms with van der Waals surface area (Å²) in [6, 6.07) is 0.184. The van der Waals surface area contributed by atoms with Crippen molar-refractivity contribution < 1.29 is 12.9 Å². The van der Waals surface area contributed by atoms with Gasteiger partial charge in [-0.3, -0.25) is 0 Å². The van der Waals surface area contributed by atoms with Crippen molar-refractivity contribution in [3.05, 3.63) is 11.7 Å². The fraction of sp³-hybridized carbons (Fsp3) is 0.818. The molecule has 1 aliphatic carbocycles. The average molecular weight is 273 g/mol. The van der Waals surface area contributed by atoms with Crippen LogP contribution in [0, 0.1) is 5.92 Å². The van der Waals surface area contributed by atoms with Gasteiger partial charge in [-0.1, -0.05) is 18.0 Å². The molecule has 0 spiro atoms. The number of hydrogen-bond donors (Lipinski definition) is 1. The van der Waals surface area contributed by atoms with Crippen LogP contribution in [0.25, 0.3) is 0 Å². The van der Waals surface area contributed by atoms with E-state index >= 15 is 0 Å². The Kier molecular flexibility index (Phi) is 4.01. The SMILES string of the molecule is CS(=O)(=O)Cc1noc(CC2CCCCC2N)n1. The van der Waals surface area contributed by atoms with Crippen molar-refractivity contribution in [2.24, 2.45) is 11.7 Å². The lowest BCUT2D eigenvalue weighted by molar-refractivity contribution is 0.273. The first-order valence-electron chi connectivity index (χ1n) is 6.19. The second kappa shape index (κ2) is 5.36. The predicted molar refractivity (Wildman–Crippen MR) is 66.5 cm³/mol. The van der Waals surface area contributed by atoms with Gasteiger partial charge in [-0.25, -0.2) is 8.42 Å². The Bertz CT molecular complexity index is 497. The molecule has 1 aliphatic rings. The van der Waals surface area contributed by atoms with E-state index in [0.29, 0.717) is 18.2 Å². The molecule has 1 heterocycles. The van der Waals surface area contributed by atoms with Crippen LogP contribution in [-0.4, -0.2) is 30.9 Å². The zero-order chi connectivity index (χ0) is 13.2. The summed E-state index contributed by atoms with van der Waals surface area (Å²) in [5.74, 6) is 0.922. The number of aromatic nitrogens is 2. The standard InChI is InChI=1S/C11H19N3O3S/c1-18(15,16)7-10-13-11(17-14-10)6-8-4-2-3-5-9(8)12/h8-9H,2-7,12H2,1H3. The summed E-state index contributed by atoms with van der Waals surface area (Å²) >= 11 is 0. The summed E-state index contributed by atoms with van der Waals surface area (Å²) in [4.78, 5) is 4.11. The van der Waals surface area contributed by atoms with Crippen LogP contribution < -0.4 is 5.73 Å². The minimum Gasteiger partial charge on any atom is -0.339 e. The Morgan fingerprint density at radius 3 is 2.78 bits per heavy atom. The molecule has 1 fully saturated rings. The Morgan fingerprint density at radius 1 is 1.39 bits per heavy atom. The van der Waals surface area contributed by atoms with E-state index in [2.05, 4.69) is 10.1 Å². The van der Waals surface area contributed by atoms with Crippen molar-refractivity contribution in [2.45, 2.75) is 43.9 Å². The van der Waals surface area contributed by atoms with E-state index in [4.69, 9.17) is 10.3 Å². The Hall–Kier alpha value is -0.950. The highest BCUT2D eigenvalue weighted by atomic mass is 32.2. The molecule has 6 nitrogen and oxygen atoms in total. The maximum absolute atomic E-state index is 11.1. The lowest BCUT2D eigenvalue weighted by Crippen LogP contribution is -2.34. The van der Waals surface area contributed by atoms with Crippen molar-refractivity contribution in [3.8, 4) is 0 Å². The van der Waals surface area contributed by atoms with Gasteiger partial charge < -0.3 is 10.3 Å². The minimum absolute atomic E-state index is 0.173. The molecule has 18 heavy (non-hydrogen) atoms. The Labute approximate surface area is 107 Å². The van der Waals surface area contributed by atoms with Crippen LogP contribution in [0.1, 0.15) is 37.4 Å². The first-order valence-corrected chi connectivity index (χ1v) is 8.25. The summed E-state index contributed by atoms with van der Waals surface area (Å²) in [6.45, 7) is 0. The summed E-state index contributed by atoms with van der Waals surface area (Å²) < 4.78 is 27.3. The van der Waals surface area contributed by atoms with Crippen molar-refractivity contribution in [1.29, 1.82) is 0 Å². The molecular weight excluding hydrogens is 254 g/mol. The largest absolute Gasteiger partial charge is 0.339 e. The summed E-state index contributed by atoms with van der Waals surface area (Å²) in [5, 5.41) is 3.69. The van der Waals surface area contributed by atoms with Gasteiger partial charge in [0.25, 0.3) is 0 Å². The van der Waals surface area contributed by atoms with Crippen molar-refractivity contribution in [3.63, 3.8) is 0 Å². The molecule has 0 aliphatic heterocycles. The maximum atomic E-state index is 11.1. The lowest BCUT2D eigenvalue weighted by Gasteiger charge is -2.27. The highest BCUT2D eigenvalue weighted by Crippen LogP contribution is 2.25. The molecule has 2 N–H and O–H groups in total. The molecular formula is C11H19N3O3S. The average Bonchev–Trinajstić information content (AvgIpc) is 2.66. The predicted octanol–water partition coefficient (Wildman–Crippen LogP) is 0.674. The van der Waals surface area contributed by atoms with Crippen LogP contribution in [0.4, 0.5) is 0 Å². The number of hydrogen-bond acceptors (Lipinski definition) is 6. The van der Waals surface area contributed by atoms with E-state index in [0.717, 1.165) is 19.1 Å². The van der Waals surface area contributed by atoms with Gasteiger partial charge in [-0.2, -0.15) is 4.98 Å². The first kappa shape index (κ1) is 13.5. The third-order valence-electron chi connectivity index (χ3n) is 3.31. The van der Waals surface area contributed by atoms with Crippen molar-refractivity contribution >= 4 is 9.84 Å². The summed E-state index contributed by atoms with van der Waals surface area (Å²) in [5.41, 5.74) is 6.05. The van der Waals surface area contributed by atoms with Gasteiger partial charge in [0.05, 0.1) is 0 Å². The van der Waals surface area contributed by atoms with Gasteiger partial charge in [0.1, 0.15) is 5.75 Å². The smallest absolute Gasteiger partial charge is 0.227 e. The van der Waals surface area contributed by atoms with Gasteiger partial charge in [0, 0.05) is 18.7 Å². The number of nitrogens with zero attached hydrogens (tertiary/aromatic N) is 2. The van der Waals surface area contributed by atoms with Gasteiger partial charge in [0.15, 0.2) is 15.7 Å².